The van der Waals surface area contributed by atoms with Crippen molar-refractivity contribution in [3.8, 4) is 5.75 Å². The van der Waals surface area contributed by atoms with E-state index in [0.29, 0.717) is 17.9 Å². The van der Waals surface area contributed by atoms with Gasteiger partial charge in [0, 0.05) is 12.2 Å². The Labute approximate surface area is 252 Å². The molecule has 1 aliphatic rings. The molecule has 6 heteroatoms. The zero-order chi connectivity index (χ0) is 29.6. The van der Waals surface area contributed by atoms with Crippen molar-refractivity contribution in [2.45, 2.75) is 25.7 Å². The van der Waals surface area contributed by atoms with Crippen LogP contribution >= 0.6 is 0 Å². The number of benzene rings is 5. The highest BCUT2D eigenvalue weighted by Gasteiger charge is 2.39. The van der Waals surface area contributed by atoms with Gasteiger partial charge in [-0.2, -0.15) is 0 Å². The fraction of sp³-hybridized carbons (Fsp3) is 0.135. The predicted molar refractivity (Wildman–Crippen MR) is 170 cm³/mol. The van der Waals surface area contributed by atoms with Gasteiger partial charge in [0.25, 0.3) is 11.8 Å². The fourth-order valence-corrected chi connectivity index (χ4v) is 5.54. The summed E-state index contributed by atoms with van der Waals surface area (Å²) >= 11 is 0. The van der Waals surface area contributed by atoms with Gasteiger partial charge in [-0.05, 0) is 60.0 Å². The monoisotopic (exact) mass is 567 g/mol. The number of hydrogen-bond donors (Lipinski definition) is 1. The van der Waals surface area contributed by atoms with Gasteiger partial charge in [0.2, 0.25) is 0 Å². The van der Waals surface area contributed by atoms with Gasteiger partial charge in [-0.25, -0.2) is 0 Å². The molecular weight excluding hydrogens is 534 g/mol. The molecule has 1 aliphatic heterocycles. The summed E-state index contributed by atoms with van der Waals surface area (Å²) in [7, 11) is 0. The standard InChI is InChI=1S/C37H33N3O3/c1-27(29-15-7-3-8-16-29)38-35(41)26-43-32-23-21-30(22-24-32)36-39(25-28-13-5-2-6-14-28)34-20-12-11-19-33(34)37(42)40(36)31-17-9-4-10-18-31/h2-24,27,36H,25-26H2,1H3,(H,38,41)/t27-,36-/m0/s1. The van der Waals surface area contributed by atoms with Gasteiger partial charge in [0.1, 0.15) is 11.9 Å². The van der Waals surface area contributed by atoms with Crippen LogP contribution in [0.5, 0.6) is 5.75 Å². The lowest BCUT2D eigenvalue weighted by atomic mass is 9.99. The van der Waals surface area contributed by atoms with Gasteiger partial charge >= 0.3 is 0 Å². The first kappa shape index (κ1) is 27.8. The predicted octanol–water partition coefficient (Wildman–Crippen LogP) is 7.31. The van der Waals surface area contributed by atoms with Crippen LogP contribution in [0, 0.1) is 0 Å². The molecule has 0 saturated carbocycles. The number of amides is 2. The van der Waals surface area contributed by atoms with Crippen molar-refractivity contribution < 1.29 is 14.3 Å². The number of ether oxygens (including phenoxy) is 1. The topological polar surface area (TPSA) is 61.9 Å². The largest absolute Gasteiger partial charge is 0.484 e. The first-order chi connectivity index (χ1) is 21.1. The van der Waals surface area contributed by atoms with E-state index < -0.39 is 6.17 Å². The summed E-state index contributed by atoms with van der Waals surface area (Å²) < 4.78 is 5.85. The lowest BCUT2D eigenvalue weighted by Gasteiger charge is -2.46. The van der Waals surface area contributed by atoms with E-state index in [2.05, 4.69) is 22.3 Å². The number of nitrogens with one attached hydrogen (secondary N) is 1. The number of para-hydroxylation sites is 2. The van der Waals surface area contributed by atoms with Crippen LogP contribution in [0.4, 0.5) is 11.4 Å². The van der Waals surface area contributed by atoms with E-state index >= 15 is 0 Å². The molecule has 0 radical (unpaired) electrons. The fourth-order valence-electron chi connectivity index (χ4n) is 5.54. The highest BCUT2D eigenvalue weighted by molar-refractivity contribution is 6.12. The summed E-state index contributed by atoms with van der Waals surface area (Å²) in [6.45, 7) is 2.46. The summed E-state index contributed by atoms with van der Waals surface area (Å²) in [5.41, 5.74) is 5.46. The van der Waals surface area contributed by atoms with Crippen LogP contribution in [-0.4, -0.2) is 18.4 Å². The van der Waals surface area contributed by atoms with E-state index in [9.17, 15) is 9.59 Å². The van der Waals surface area contributed by atoms with Crippen LogP contribution in [0.3, 0.4) is 0 Å². The molecule has 2 amide bonds. The molecule has 0 spiro atoms. The third-order valence-corrected chi connectivity index (χ3v) is 7.66. The van der Waals surface area contributed by atoms with Crippen LogP contribution in [0.2, 0.25) is 0 Å². The average molecular weight is 568 g/mol. The second-order valence-corrected chi connectivity index (χ2v) is 10.6. The van der Waals surface area contributed by atoms with Crippen molar-refractivity contribution >= 4 is 23.2 Å². The van der Waals surface area contributed by atoms with E-state index in [1.165, 1.54) is 0 Å². The molecule has 6 nitrogen and oxygen atoms in total. The first-order valence-corrected chi connectivity index (χ1v) is 14.4. The third kappa shape index (κ3) is 6.14. The minimum atomic E-state index is -0.408. The maximum atomic E-state index is 14.1. The molecule has 6 rings (SSSR count). The molecule has 0 bridgehead atoms. The Balaban J connectivity index is 1.28. The summed E-state index contributed by atoms with van der Waals surface area (Å²) in [5, 5.41) is 2.98. The second-order valence-electron chi connectivity index (χ2n) is 10.6. The number of rotatable bonds is 9. The second kappa shape index (κ2) is 12.7. The molecule has 0 unspecified atom stereocenters. The number of hydrogen-bond acceptors (Lipinski definition) is 4. The first-order valence-electron chi connectivity index (χ1n) is 14.4. The van der Waals surface area contributed by atoms with Crippen LogP contribution < -0.4 is 19.9 Å². The quantitative estimate of drug-likeness (QED) is 0.203. The SMILES string of the molecule is C[C@H](NC(=O)COc1ccc([C@H]2N(Cc3ccccc3)c3ccccc3C(=O)N2c2ccccc2)cc1)c1ccccc1. The Kier molecular flexibility index (Phi) is 8.18. The van der Waals surface area contributed by atoms with Gasteiger partial charge in [-0.15, -0.1) is 0 Å². The van der Waals surface area contributed by atoms with E-state index in [1.54, 1.807) is 0 Å². The van der Waals surface area contributed by atoms with Crippen LogP contribution in [0.25, 0.3) is 0 Å². The van der Waals surface area contributed by atoms with Gasteiger partial charge in [-0.3, -0.25) is 14.5 Å². The van der Waals surface area contributed by atoms with Gasteiger partial charge in [0.15, 0.2) is 6.61 Å². The lowest BCUT2D eigenvalue weighted by Crippen LogP contribution is -2.49. The average Bonchev–Trinajstić information content (AvgIpc) is 3.06. The zero-order valence-electron chi connectivity index (χ0n) is 24.0. The highest BCUT2D eigenvalue weighted by atomic mass is 16.5. The molecule has 2 atom stereocenters. The number of carbonyl (C=O) groups is 2. The highest BCUT2D eigenvalue weighted by Crippen LogP contribution is 2.42. The molecule has 43 heavy (non-hydrogen) atoms. The smallest absolute Gasteiger partial charge is 0.262 e. The molecule has 0 aliphatic carbocycles. The van der Waals surface area contributed by atoms with Crippen molar-refractivity contribution in [1.82, 2.24) is 5.32 Å². The molecule has 5 aromatic carbocycles. The number of fused-ring (bicyclic) bond motifs is 1. The van der Waals surface area contributed by atoms with Crippen LogP contribution in [-0.2, 0) is 11.3 Å². The van der Waals surface area contributed by atoms with E-state index in [4.69, 9.17) is 4.74 Å². The Morgan fingerprint density at radius 2 is 1.37 bits per heavy atom. The van der Waals surface area contributed by atoms with Gasteiger partial charge in [-0.1, -0.05) is 103 Å². The van der Waals surface area contributed by atoms with Crippen molar-refractivity contribution in [2.24, 2.45) is 0 Å². The number of nitrogens with zero attached hydrogens (tertiary/aromatic N) is 2. The van der Waals surface area contributed by atoms with Gasteiger partial charge in [0.05, 0.1) is 17.3 Å². The van der Waals surface area contributed by atoms with E-state index in [-0.39, 0.29) is 24.5 Å². The zero-order valence-corrected chi connectivity index (χ0v) is 24.0. The van der Waals surface area contributed by atoms with E-state index in [0.717, 1.165) is 28.1 Å². The summed E-state index contributed by atoms with van der Waals surface area (Å²) in [6, 6.07) is 45.2. The Bertz CT molecular complexity index is 1680. The summed E-state index contributed by atoms with van der Waals surface area (Å²) in [4.78, 5) is 30.8. The molecule has 5 aromatic rings. The van der Waals surface area contributed by atoms with Crippen molar-refractivity contribution in [3.05, 3.63) is 162 Å². The number of carbonyl (C=O) groups excluding carboxylic acids is 2. The minimum absolute atomic E-state index is 0.0550. The van der Waals surface area contributed by atoms with Gasteiger partial charge < -0.3 is 15.0 Å². The molecule has 0 fully saturated rings. The van der Waals surface area contributed by atoms with E-state index in [1.807, 2.05) is 139 Å². The minimum Gasteiger partial charge on any atom is -0.484 e. The van der Waals surface area contributed by atoms with Crippen molar-refractivity contribution in [1.29, 1.82) is 0 Å². The molecule has 214 valence electrons. The summed E-state index contributed by atoms with van der Waals surface area (Å²) in [5.74, 6) is 0.328. The summed E-state index contributed by atoms with van der Waals surface area (Å²) in [6.07, 6.45) is -0.408. The molecule has 1 N–H and O–H groups in total. The molecule has 0 saturated heterocycles. The van der Waals surface area contributed by atoms with Crippen LogP contribution in [0.15, 0.2) is 140 Å². The number of anilines is 2. The van der Waals surface area contributed by atoms with Crippen LogP contribution in [0.1, 0.15) is 46.2 Å². The molecular formula is C37H33N3O3. The Morgan fingerprint density at radius 3 is 2.07 bits per heavy atom. The lowest BCUT2D eigenvalue weighted by molar-refractivity contribution is -0.123. The maximum Gasteiger partial charge on any atom is 0.262 e. The van der Waals surface area contributed by atoms with Crippen molar-refractivity contribution in [2.75, 3.05) is 16.4 Å². The normalized spacial score (nSPS) is 15.0. The maximum absolute atomic E-state index is 14.1. The molecule has 1 heterocycles. The molecule has 0 aromatic heterocycles. The Hall–Kier alpha value is -5.36. The van der Waals surface area contributed by atoms with Crippen molar-refractivity contribution in [3.63, 3.8) is 0 Å². The Morgan fingerprint density at radius 1 is 0.767 bits per heavy atom. The third-order valence-electron chi connectivity index (χ3n) is 7.66.